The van der Waals surface area contributed by atoms with E-state index < -0.39 is 11.0 Å². The molecule has 1 atom stereocenters. The van der Waals surface area contributed by atoms with E-state index in [2.05, 4.69) is 10.3 Å². The van der Waals surface area contributed by atoms with Gasteiger partial charge >= 0.3 is 0 Å². The Balaban J connectivity index is 2.26. The first kappa shape index (κ1) is 14.8. The van der Waals surface area contributed by atoms with Crippen LogP contribution in [0.1, 0.15) is 13.8 Å². The summed E-state index contributed by atoms with van der Waals surface area (Å²) in [5.41, 5.74) is 0.331. The van der Waals surface area contributed by atoms with Gasteiger partial charge in [-0.05, 0) is 19.9 Å². The number of anilines is 1. The lowest BCUT2D eigenvalue weighted by Crippen LogP contribution is -2.38. The number of carbonyl (C=O) groups is 1. The van der Waals surface area contributed by atoms with Crippen molar-refractivity contribution in [2.75, 3.05) is 18.9 Å². The van der Waals surface area contributed by atoms with Crippen LogP contribution in [0.2, 0.25) is 0 Å². The number of benzene rings is 1. The minimum atomic E-state index is -0.540. The average Bonchev–Trinajstić information content (AvgIpc) is 2.87. The van der Waals surface area contributed by atoms with Crippen LogP contribution >= 0.6 is 0 Å². The third kappa shape index (κ3) is 2.93. The zero-order valence-corrected chi connectivity index (χ0v) is 12.0. The van der Waals surface area contributed by atoms with Gasteiger partial charge in [0.15, 0.2) is 11.1 Å². The van der Waals surface area contributed by atoms with Crippen LogP contribution in [0.5, 0.6) is 0 Å². The number of para-hydroxylation sites is 1. The van der Waals surface area contributed by atoms with Crippen LogP contribution in [0, 0.1) is 10.1 Å². The number of hydrogen-bond acceptors (Lipinski definition) is 6. The summed E-state index contributed by atoms with van der Waals surface area (Å²) in [4.78, 5) is 28.0. The van der Waals surface area contributed by atoms with Crippen LogP contribution in [0.3, 0.4) is 0 Å². The SMILES string of the molecule is CCN(C)C(=O)C(C)Nc1nc2c([N+](=O)[O-])cccc2o1. The normalized spacial score (nSPS) is 12.1. The number of fused-ring (bicyclic) bond motifs is 1. The molecule has 1 amide bonds. The first-order valence-electron chi connectivity index (χ1n) is 6.49. The number of hydrogen-bond donors (Lipinski definition) is 1. The number of likely N-dealkylation sites (N-methyl/N-ethyl adjacent to an activating group) is 1. The Kier molecular flexibility index (Phi) is 4.06. The van der Waals surface area contributed by atoms with Crippen molar-refractivity contribution in [3.63, 3.8) is 0 Å². The number of aromatic nitrogens is 1. The highest BCUT2D eigenvalue weighted by molar-refractivity contribution is 5.86. The van der Waals surface area contributed by atoms with Gasteiger partial charge in [-0.2, -0.15) is 4.98 Å². The molecule has 8 nitrogen and oxygen atoms in total. The molecule has 1 aromatic carbocycles. The third-order valence-electron chi connectivity index (χ3n) is 3.16. The average molecular weight is 292 g/mol. The van der Waals surface area contributed by atoms with Gasteiger partial charge in [0.05, 0.1) is 4.92 Å². The predicted octanol–water partition coefficient (Wildman–Crippen LogP) is 2.01. The number of amides is 1. The van der Waals surface area contributed by atoms with Gasteiger partial charge in [0.1, 0.15) is 6.04 Å². The molecule has 2 rings (SSSR count). The van der Waals surface area contributed by atoms with Gasteiger partial charge in [0.25, 0.3) is 11.7 Å². The Morgan fingerprint density at radius 2 is 2.29 bits per heavy atom. The third-order valence-corrected chi connectivity index (χ3v) is 3.16. The summed E-state index contributed by atoms with van der Waals surface area (Å²) in [7, 11) is 1.69. The quantitative estimate of drug-likeness (QED) is 0.668. The summed E-state index contributed by atoms with van der Waals surface area (Å²) in [6.07, 6.45) is 0. The summed E-state index contributed by atoms with van der Waals surface area (Å²) in [6.45, 7) is 4.13. The Labute approximate surface area is 120 Å². The molecule has 0 bridgehead atoms. The molecular formula is C13H16N4O4. The molecule has 1 N–H and O–H groups in total. The standard InChI is InChI=1S/C13H16N4O4/c1-4-16(3)12(18)8(2)14-13-15-11-9(17(19)20)6-5-7-10(11)21-13/h5-8H,4H2,1-3H3,(H,14,15). The fraction of sp³-hybridized carbons (Fsp3) is 0.385. The number of nitrogens with one attached hydrogen (secondary N) is 1. The molecule has 1 heterocycles. The number of nitro groups is 1. The van der Waals surface area contributed by atoms with Crippen LogP contribution < -0.4 is 5.32 Å². The molecule has 8 heteroatoms. The molecule has 0 saturated heterocycles. The Hall–Kier alpha value is -2.64. The second kappa shape index (κ2) is 5.78. The zero-order chi connectivity index (χ0) is 15.6. The highest BCUT2D eigenvalue weighted by Crippen LogP contribution is 2.27. The van der Waals surface area contributed by atoms with E-state index in [0.717, 1.165) is 0 Å². The van der Waals surface area contributed by atoms with E-state index in [1.54, 1.807) is 24.9 Å². The Bertz CT molecular complexity index is 682. The van der Waals surface area contributed by atoms with Gasteiger partial charge in [-0.3, -0.25) is 14.9 Å². The molecule has 0 aliphatic rings. The molecule has 0 aliphatic carbocycles. The summed E-state index contributed by atoms with van der Waals surface area (Å²) in [5, 5.41) is 13.7. The maximum absolute atomic E-state index is 12.0. The van der Waals surface area contributed by atoms with E-state index >= 15 is 0 Å². The number of rotatable bonds is 5. The molecule has 0 radical (unpaired) electrons. The lowest BCUT2D eigenvalue weighted by Gasteiger charge is -2.19. The fourth-order valence-electron chi connectivity index (χ4n) is 1.88. The van der Waals surface area contributed by atoms with Crippen molar-refractivity contribution in [2.24, 2.45) is 0 Å². The predicted molar refractivity (Wildman–Crippen MR) is 77.1 cm³/mol. The number of non-ortho nitro benzene ring substituents is 1. The van der Waals surface area contributed by atoms with Crippen LogP contribution in [-0.4, -0.2) is 40.3 Å². The number of oxazole rings is 1. The minimum Gasteiger partial charge on any atom is -0.423 e. The van der Waals surface area contributed by atoms with Gasteiger partial charge in [0, 0.05) is 19.7 Å². The van der Waals surface area contributed by atoms with Gasteiger partial charge in [-0.15, -0.1) is 0 Å². The van der Waals surface area contributed by atoms with Crippen molar-refractivity contribution in [3.05, 3.63) is 28.3 Å². The number of nitrogens with zero attached hydrogens (tertiary/aromatic N) is 3. The van der Waals surface area contributed by atoms with Crippen LogP contribution in [0.25, 0.3) is 11.1 Å². The number of nitro benzene ring substituents is 1. The maximum Gasteiger partial charge on any atom is 0.298 e. The Morgan fingerprint density at radius 1 is 1.57 bits per heavy atom. The first-order chi connectivity index (χ1) is 9.93. The van der Waals surface area contributed by atoms with Crippen molar-refractivity contribution in [1.82, 2.24) is 9.88 Å². The van der Waals surface area contributed by atoms with Crippen LogP contribution in [0.4, 0.5) is 11.7 Å². The second-order valence-electron chi connectivity index (χ2n) is 4.62. The molecular weight excluding hydrogens is 276 g/mol. The smallest absolute Gasteiger partial charge is 0.298 e. The van der Waals surface area contributed by atoms with Gasteiger partial charge in [-0.25, -0.2) is 0 Å². The van der Waals surface area contributed by atoms with Crippen LogP contribution in [-0.2, 0) is 4.79 Å². The summed E-state index contributed by atoms with van der Waals surface area (Å²) >= 11 is 0. The van der Waals surface area contributed by atoms with E-state index in [-0.39, 0.29) is 23.1 Å². The molecule has 0 saturated carbocycles. The van der Waals surface area contributed by atoms with E-state index in [0.29, 0.717) is 12.1 Å². The second-order valence-corrected chi connectivity index (χ2v) is 4.62. The monoisotopic (exact) mass is 292 g/mol. The molecule has 1 aromatic heterocycles. The zero-order valence-electron chi connectivity index (χ0n) is 12.0. The van der Waals surface area contributed by atoms with Gasteiger partial charge in [0.2, 0.25) is 5.91 Å². The molecule has 2 aromatic rings. The highest BCUT2D eigenvalue weighted by Gasteiger charge is 2.21. The summed E-state index contributed by atoms with van der Waals surface area (Å²) < 4.78 is 5.40. The molecule has 0 aliphatic heterocycles. The van der Waals surface area contributed by atoms with Crippen molar-refractivity contribution in [3.8, 4) is 0 Å². The molecule has 0 fully saturated rings. The molecule has 112 valence electrons. The minimum absolute atomic E-state index is 0.0876. The van der Waals surface area contributed by atoms with Gasteiger partial charge < -0.3 is 14.6 Å². The lowest BCUT2D eigenvalue weighted by atomic mass is 10.3. The summed E-state index contributed by atoms with van der Waals surface area (Å²) in [6, 6.07) is 4.01. The largest absolute Gasteiger partial charge is 0.423 e. The van der Waals surface area contributed by atoms with Crippen molar-refractivity contribution < 1.29 is 14.1 Å². The fourth-order valence-corrected chi connectivity index (χ4v) is 1.88. The summed E-state index contributed by atoms with van der Waals surface area (Å²) in [5.74, 6) is -0.116. The van der Waals surface area contributed by atoms with Crippen LogP contribution in [0.15, 0.2) is 22.6 Å². The Morgan fingerprint density at radius 3 is 2.90 bits per heavy atom. The van der Waals surface area contributed by atoms with E-state index in [9.17, 15) is 14.9 Å². The molecule has 21 heavy (non-hydrogen) atoms. The lowest BCUT2D eigenvalue weighted by molar-refractivity contribution is -0.383. The number of carbonyl (C=O) groups excluding carboxylic acids is 1. The van der Waals surface area contributed by atoms with Crippen molar-refractivity contribution in [1.29, 1.82) is 0 Å². The molecule has 0 spiro atoms. The maximum atomic E-state index is 12.0. The van der Waals surface area contributed by atoms with E-state index in [4.69, 9.17) is 4.42 Å². The molecule has 1 unspecified atom stereocenters. The highest BCUT2D eigenvalue weighted by atomic mass is 16.6. The first-order valence-corrected chi connectivity index (χ1v) is 6.49. The van der Waals surface area contributed by atoms with E-state index in [1.165, 1.54) is 12.1 Å². The van der Waals surface area contributed by atoms with Crippen molar-refractivity contribution >= 4 is 28.7 Å². The van der Waals surface area contributed by atoms with Crippen molar-refractivity contribution in [2.45, 2.75) is 19.9 Å². The van der Waals surface area contributed by atoms with Gasteiger partial charge in [-0.1, -0.05) is 6.07 Å². The van der Waals surface area contributed by atoms with E-state index in [1.807, 2.05) is 6.92 Å². The topological polar surface area (TPSA) is 102 Å².